The molecule has 172 valence electrons. The van der Waals surface area contributed by atoms with Gasteiger partial charge in [-0.1, -0.05) is 71.6 Å². The second kappa shape index (κ2) is 18.6. The number of hydrogen-bond donors (Lipinski definition) is 0. The number of carbonyl (C=O) groups excluding carboxylic acids is 1. The summed E-state index contributed by atoms with van der Waals surface area (Å²) in [6.07, 6.45) is 16.9. The Labute approximate surface area is 189 Å². The van der Waals surface area contributed by atoms with E-state index in [2.05, 4.69) is 44.4 Å². The number of benzene rings is 1. The number of rotatable bonds is 19. The largest absolute Gasteiger partial charge is 0.494 e. The van der Waals surface area contributed by atoms with Crippen LogP contribution in [0.25, 0.3) is 0 Å². The molecule has 1 atom stereocenters. The highest BCUT2D eigenvalue weighted by molar-refractivity contribution is 7.98. The highest BCUT2D eigenvalue weighted by atomic mass is 32.2. The summed E-state index contributed by atoms with van der Waals surface area (Å²) in [6, 6.07) is 8.32. The predicted octanol–water partition coefficient (Wildman–Crippen LogP) is 8.06. The average molecular weight is 437 g/mol. The van der Waals surface area contributed by atoms with Gasteiger partial charge in [0.1, 0.15) is 5.75 Å². The fourth-order valence-corrected chi connectivity index (χ4v) is 3.88. The van der Waals surface area contributed by atoms with Crippen molar-refractivity contribution in [3.05, 3.63) is 24.3 Å². The first-order valence-electron chi connectivity index (χ1n) is 12.1. The number of hydrogen-bond acceptors (Lipinski definition) is 4. The first-order chi connectivity index (χ1) is 14.7. The lowest BCUT2D eigenvalue weighted by atomic mass is 10.0. The highest BCUT2D eigenvalue weighted by Crippen LogP contribution is 2.19. The predicted molar refractivity (Wildman–Crippen MR) is 130 cm³/mol. The monoisotopic (exact) mass is 436 g/mol. The molecular weight excluding hydrogens is 392 g/mol. The van der Waals surface area contributed by atoms with E-state index >= 15 is 0 Å². The second-order valence-electron chi connectivity index (χ2n) is 8.20. The van der Waals surface area contributed by atoms with Crippen molar-refractivity contribution in [3.8, 4) is 5.75 Å². The summed E-state index contributed by atoms with van der Waals surface area (Å²) < 4.78 is 11.3. The van der Waals surface area contributed by atoms with E-state index in [0.717, 1.165) is 38.0 Å². The SMILES string of the molecule is CCCCC(CC)COC(=O)CCCCCCCCCCOc1ccc(SC)cc1. The van der Waals surface area contributed by atoms with E-state index < -0.39 is 0 Å². The zero-order valence-corrected chi connectivity index (χ0v) is 20.4. The molecule has 0 saturated carbocycles. The quantitative estimate of drug-likeness (QED) is 0.125. The minimum absolute atomic E-state index is 0.00645. The van der Waals surface area contributed by atoms with Crippen molar-refractivity contribution >= 4 is 17.7 Å². The van der Waals surface area contributed by atoms with Crippen molar-refractivity contribution in [2.24, 2.45) is 5.92 Å². The molecule has 1 rings (SSSR count). The number of thioether (sulfide) groups is 1. The Balaban J connectivity index is 1.88. The Hall–Kier alpha value is -1.16. The molecule has 1 unspecified atom stereocenters. The number of carbonyl (C=O) groups is 1. The molecule has 1 aromatic rings. The molecule has 0 spiro atoms. The Morgan fingerprint density at radius 1 is 0.900 bits per heavy atom. The summed E-state index contributed by atoms with van der Waals surface area (Å²) >= 11 is 1.75. The summed E-state index contributed by atoms with van der Waals surface area (Å²) in [4.78, 5) is 13.1. The van der Waals surface area contributed by atoms with Gasteiger partial charge in [-0.2, -0.15) is 0 Å². The Morgan fingerprint density at radius 3 is 2.13 bits per heavy atom. The Bertz CT molecular complexity index is 530. The van der Waals surface area contributed by atoms with E-state index in [9.17, 15) is 4.79 Å². The number of ether oxygens (including phenoxy) is 2. The minimum atomic E-state index is -0.00645. The van der Waals surface area contributed by atoms with E-state index in [0.29, 0.717) is 18.9 Å². The molecule has 0 amide bonds. The molecule has 0 aliphatic heterocycles. The van der Waals surface area contributed by atoms with Crippen molar-refractivity contribution in [1.29, 1.82) is 0 Å². The number of esters is 1. The van der Waals surface area contributed by atoms with Crippen LogP contribution in [0.5, 0.6) is 5.75 Å². The van der Waals surface area contributed by atoms with Crippen molar-refractivity contribution in [2.75, 3.05) is 19.5 Å². The molecule has 0 saturated heterocycles. The first kappa shape index (κ1) is 26.9. The standard InChI is InChI=1S/C26H44O3S/c1-4-6-15-23(5-2)22-29-26(27)16-13-11-9-7-8-10-12-14-21-28-24-17-19-25(30-3)20-18-24/h17-20,23H,4-16,21-22H2,1-3H3. The second-order valence-corrected chi connectivity index (χ2v) is 9.08. The Morgan fingerprint density at radius 2 is 1.53 bits per heavy atom. The molecular formula is C26H44O3S. The maximum atomic E-state index is 11.9. The van der Waals surface area contributed by atoms with Crippen LogP contribution in [-0.2, 0) is 9.53 Å². The molecule has 0 heterocycles. The van der Waals surface area contributed by atoms with Gasteiger partial charge in [0.05, 0.1) is 13.2 Å². The highest BCUT2D eigenvalue weighted by Gasteiger charge is 2.09. The lowest BCUT2D eigenvalue weighted by Gasteiger charge is -2.14. The average Bonchev–Trinajstić information content (AvgIpc) is 2.78. The third kappa shape index (κ3) is 14.0. The fourth-order valence-electron chi connectivity index (χ4n) is 3.48. The lowest BCUT2D eigenvalue weighted by Crippen LogP contribution is -2.13. The zero-order valence-electron chi connectivity index (χ0n) is 19.6. The molecule has 0 aromatic heterocycles. The van der Waals surface area contributed by atoms with Crippen molar-refractivity contribution in [3.63, 3.8) is 0 Å². The molecule has 30 heavy (non-hydrogen) atoms. The molecule has 1 aromatic carbocycles. The molecule has 0 radical (unpaired) electrons. The van der Waals surface area contributed by atoms with Gasteiger partial charge < -0.3 is 9.47 Å². The van der Waals surface area contributed by atoms with E-state index in [4.69, 9.17) is 9.47 Å². The normalized spacial score (nSPS) is 12.0. The molecule has 3 nitrogen and oxygen atoms in total. The van der Waals surface area contributed by atoms with Crippen LogP contribution in [0.4, 0.5) is 0 Å². The zero-order chi connectivity index (χ0) is 21.9. The van der Waals surface area contributed by atoms with Gasteiger partial charge in [-0.05, 0) is 55.7 Å². The van der Waals surface area contributed by atoms with Crippen molar-refractivity contribution in [1.82, 2.24) is 0 Å². The van der Waals surface area contributed by atoms with Crippen LogP contribution in [-0.4, -0.2) is 25.4 Å². The summed E-state index contributed by atoms with van der Waals surface area (Å²) in [6.45, 7) is 5.81. The van der Waals surface area contributed by atoms with Gasteiger partial charge in [0, 0.05) is 11.3 Å². The van der Waals surface area contributed by atoms with Crippen LogP contribution >= 0.6 is 11.8 Å². The van der Waals surface area contributed by atoms with Crippen LogP contribution in [0.2, 0.25) is 0 Å². The maximum absolute atomic E-state index is 11.9. The van der Waals surface area contributed by atoms with E-state index in [1.807, 2.05) is 0 Å². The molecule has 0 aliphatic rings. The summed E-state index contributed by atoms with van der Waals surface area (Å²) in [5.41, 5.74) is 0. The van der Waals surface area contributed by atoms with Crippen LogP contribution in [0.1, 0.15) is 97.3 Å². The van der Waals surface area contributed by atoms with Gasteiger partial charge in [-0.3, -0.25) is 4.79 Å². The van der Waals surface area contributed by atoms with Gasteiger partial charge in [-0.15, -0.1) is 11.8 Å². The lowest BCUT2D eigenvalue weighted by molar-refractivity contribution is -0.145. The van der Waals surface area contributed by atoms with E-state index in [1.54, 1.807) is 11.8 Å². The van der Waals surface area contributed by atoms with Crippen LogP contribution in [0, 0.1) is 5.92 Å². The van der Waals surface area contributed by atoms with Crippen molar-refractivity contribution < 1.29 is 14.3 Å². The van der Waals surface area contributed by atoms with Crippen LogP contribution < -0.4 is 4.74 Å². The van der Waals surface area contributed by atoms with Crippen LogP contribution in [0.3, 0.4) is 0 Å². The van der Waals surface area contributed by atoms with Gasteiger partial charge in [0.25, 0.3) is 0 Å². The third-order valence-electron chi connectivity index (χ3n) is 5.63. The van der Waals surface area contributed by atoms with Gasteiger partial charge >= 0.3 is 5.97 Å². The third-order valence-corrected chi connectivity index (χ3v) is 6.37. The summed E-state index contributed by atoms with van der Waals surface area (Å²) in [7, 11) is 0. The Kier molecular flexibility index (Phi) is 16.7. The summed E-state index contributed by atoms with van der Waals surface area (Å²) in [5.74, 6) is 1.51. The van der Waals surface area contributed by atoms with E-state index in [-0.39, 0.29) is 5.97 Å². The smallest absolute Gasteiger partial charge is 0.305 e. The van der Waals surface area contributed by atoms with Gasteiger partial charge in [0.15, 0.2) is 0 Å². The topological polar surface area (TPSA) is 35.5 Å². The van der Waals surface area contributed by atoms with Crippen LogP contribution in [0.15, 0.2) is 29.2 Å². The van der Waals surface area contributed by atoms with E-state index in [1.165, 1.54) is 56.3 Å². The number of unbranched alkanes of at least 4 members (excludes halogenated alkanes) is 8. The van der Waals surface area contributed by atoms with Gasteiger partial charge in [0.2, 0.25) is 0 Å². The molecule has 4 heteroatoms. The van der Waals surface area contributed by atoms with Crippen molar-refractivity contribution in [2.45, 2.75) is 102 Å². The molecule has 0 fully saturated rings. The molecule has 0 N–H and O–H groups in total. The van der Waals surface area contributed by atoms with Gasteiger partial charge in [-0.25, -0.2) is 0 Å². The summed E-state index contributed by atoms with van der Waals surface area (Å²) in [5, 5.41) is 0. The maximum Gasteiger partial charge on any atom is 0.305 e. The molecule has 0 bridgehead atoms. The fraction of sp³-hybridized carbons (Fsp3) is 0.731. The first-order valence-corrected chi connectivity index (χ1v) is 13.3. The minimum Gasteiger partial charge on any atom is -0.494 e. The molecule has 0 aliphatic carbocycles.